The fourth-order valence-electron chi connectivity index (χ4n) is 1.83. The molecule has 4 nitrogen and oxygen atoms in total. The van der Waals surface area contributed by atoms with Crippen molar-refractivity contribution in [1.82, 2.24) is 4.98 Å². The second-order valence-corrected chi connectivity index (χ2v) is 7.10. The summed E-state index contributed by atoms with van der Waals surface area (Å²) in [5, 5.41) is 0.00772. The highest BCUT2D eigenvalue weighted by atomic mass is 35.5. The Morgan fingerprint density at radius 1 is 1.29 bits per heavy atom. The number of ether oxygens (including phenoxy) is 1. The van der Waals surface area contributed by atoms with Crippen LogP contribution in [0.3, 0.4) is 0 Å². The van der Waals surface area contributed by atoms with Crippen molar-refractivity contribution in [3.63, 3.8) is 0 Å². The zero-order valence-electron chi connectivity index (χ0n) is 11.8. The maximum atomic E-state index is 11.5. The number of halogens is 1. The lowest BCUT2D eigenvalue weighted by atomic mass is 10.2. The van der Waals surface area contributed by atoms with Gasteiger partial charge in [0.1, 0.15) is 0 Å². The first kappa shape index (κ1) is 15.9. The van der Waals surface area contributed by atoms with Gasteiger partial charge in [0.25, 0.3) is 0 Å². The van der Waals surface area contributed by atoms with Crippen molar-refractivity contribution in [3.8, 4) is 0 Å². The Morgan fingerprint density at radius 3 is 2.52 bits per heavy atom. The van der Waals surface area contributed by atoms with Crippen molar-refractivity contribution >= 4 is 21.4 Å². The van der Waals surface area contributed by atoms with Crippen LogP contribution in [0.1, 0.15) is 24.2 Å². The minimum absolute atomic E-state index is 0.108. The molecule has 0 N–H and O–H groups in total. The van der Waals surface area contributed by atoms with E-state index in [9.17, 15) is 8.42 Å². The fourth-order valence-corrected chi connectivity index (χ4v) is 3.08. The Kier molecular flexibility index (Phi) is 4.98. The molecule has 1 aromatic heterocycles. The van der Waals surface area contributed by atoms with Crippen LogP contribution >= 0.6 is 11.6 Å². The molecule has 0 radical (unpaired) electrons. The molecule has 0 spiro atoms. The van der Waals surface area contributed by atoms with Crippen LogP contribution in [-0.4, -0.2) is 19.7 Å². The summed E-state index contributed by atoms with van der Waals surface area (Å²) in [6, 6.07) is 11.4. The van der Waals surface area contributed by atoms with Gasteiger partial charge in [0.2, 0.25) is 0 Å². The largest absolute Gasteiger partial charge is 0.369 e. The third kappa shape index (κ3) is 4.27. The Bertz CT molecular complexity index is 717. The predicted molar refractivity (Wildman–Crippen MR) is 82.0 cm³/mol. The third-order valence-electron chi connectivity index (χ3n) is 2.99. The summed E-state index contributed by atoms with van der Waals surface area (Å²) < 4.78 is 28.7. The molecule has 0 aliphatic heterocycles. The molecular formula is C15H16ClNO3S. The van der Waals surface area contributed by atoms with E-state index in [0.29, 0.717) is 6.61 Å². The minimum Gasteiger partial charge on any atom is -0.369 e. The van der Waals surface area contributed by atoms with E-state index < -0.39 is 9.84 Å². The van der Waals surface area contributed by atoms with Crippen LogP contribution < -0.4 is 0 Å². The Hall–Kier alpha value is -1.43. The van der Waals surface area contributed by atoms with Crippen LogP contribution in [0.4, 0.5) is 0 Å². The number of sulfone groups is 1. The highest BCUT2D eigenvalue weighted by Crippen LogP contribution is 2.25. The number of benzene rings is 1. The maximum absolute atomic E-state index is 11.5. The fraction of sp³-hybridized carbons (Fsp3) is 0.267. The highest BCUT2D eigenvalue weighted by Gasteiger charge is 2.16. The van der Waals surface area contributed by atoms with Gasteiger partial charge in [-0.2, -0.15) is 0 Å². The first-order valence-electron chi connectivity index (χ1n) is 6.39. The molecule has 112 valence electrons. The van der Waals surface area contributed by atoms with Gasteiger partial charge in [0.05, 0.1) is 17.7 Å². The molecule has 6 heteroatoms. The standard InChI is InChI=1S/C15H16ClNO3S/c1-11(20-10-12-6-4-3-5-7-12)13-8-14(16)15(17-9-13)21(2,18)19/h3-9,11H,10H2,1-2H3. The van der Waals surface area contributed by atoms with E-state index in [1.807, 2.05) is 37.3 Å². The quantitative estimate of drug-likeness (QED) is 0.845. The van der Waals surface area contributed by atoms with Gasteiger partial charge in [-0.05, 0) is 18.6 Å². The average Bonchev–Trinajstić information content (AvgIpc) is 2.44. The molecule has 1 atom stereocenters. The van der Waals surface area contributed by atoms with E-state index in [0.717, 1.165) is 17.4 Å². The molecule has 0 aliphatic rings. The second kappa shape index (κ2) is 6.56. The molecule has 2 rings (SSSR count). The van der Waals surface area contributed by atoms with Crippen LogP contribution in [0, 0.1) is 0 Å². The number of hydrogen-bond acceptors (Lipinski definition) is 4. The summed E-state index contributed by atoms with van der Waals surface area (Å²) in [4.78, 5) is 3.93. The van der Waals surface area contributed by atoms with Gasteiger partial charge in [-0.15, -0.1) is 0 Å². The Balaban J connectivity index is 2.10. The summed E-state index contributed by atoms with van der Waals surface area (Å²) in [5.74, 6) is 0. The Labute approximate surface area is 129 Å². The van der Waals surface area contributed by atoms with Crippen LogP contribution in [0.2, 0.25) is 5.02 Å². The molecule has 0 bridgehead atoms. The SMILES string of the molecule is CC(OCc1ccccc1)c1cnc(S(C)(=O)=O)c(Cl)c1. The van der Waals surface area contributed by atoms with Crippen LogP contribution in [0.5, 0.6) is 0 Å². The molecule has 0 fully saturated rings. The lowest BCUT2D eigenvalue weighted by Crippen LogP contribution is -2.05. The van der Waals surface area contributed by atoms with Crippen LogP contribution in [-0.2, 0) is 21.2 Å². The zero-order chi connectivity index (χ0) is 15.5. The summed E-state index contributed by atoms with van der Waals surface area (Å²) in [6.07, 6.45) is 2.33. The molecule has 1 heterocycles. The molecule has 2 aromatic rings. The third-order valence-corrected chi connectivity index (χ3v) is 4.42. The highest BCUT2D eigenvalue weighted by molar-refractivity contribution is 7.90. The van der Waals surface area contributed by atoms with Gasteiger partial charge >= 0.3 is 0 Å². The van der Waals surface area contributed by atoms with E-state index in [1.54, 1.807) is 6.07 Å². The molecule has 0 aliphatic carbocycles. The van der Waals surface area contributed by atoms with Crippen molar-refractivity contribution < 1.29 is 13.2 Å². The lowest BCUT2D eigenvalue weighted by molar-refractivity contribution is 0.0523. The monoisotopic (exact) mass is 325 g/mol. The van der Waals surface area contributed by atoms with E-state index in [4.69, 9.17) is 16.3 Å². The second-order valence-electron chi connectivity index (χ2n) is 4.77. The predicted octanol–water partition coefficient (Wildman–Crippen LogP) is 3.42. The maximum Gasteiger partial charge on any atom is 0.194 e. The first-order chi connectivity index (χ1) is 9.88. The first-order valence-corrected chi connectivity index (χ1v) is 8.66. The molecule has 21 heavy (non-hydrogen) atoms. The van der Waals surface area contributed by atoms with Gasteiger partial charge < -0.3 is 4.74 Å². The van der Waals surface area contributed by atoms with E-state index in [2.05, 4.69) is 4.98 Å². The van der Waals surface area contributed by atoms with Crippen molar-refractivity contribution in [1.29, 1.82) is 0 Å². The van der Waals surface area contributed by atoms with Gasteiger partial charge in [-0.25, -0.2) is 13.4 Å². The molecule has 1 unspecified atom stereocenters. The number of rotatable bonds is 5. The van der Waals surface area contributed by atoms with E-state index >= 15 is 0 Å². The molecular weight excluding hydrogens is 310 g/mol. The number of aromatic nitrogens is 1. The lowest BCUT2D eigenvalue weighted by Gasteiger charge is -2.14. The minimum atomic E-state index is -3.42. The van der Waals surface area contributed by atoms with Crippen LogP contribution in [0.15, 0.2) is 47.6 Å². The number of nitrogens with zero attached hydrogens (tertiary/aromatic N) is 1. The topological polar surface area (TPSA) is 56.3 Å². The molecule has 0 saturated heterocycles. The molecule has 0 amide bonds. The molecule has 1 aromatic carbocycles. The van der Waals surface area contributed by atoms with Gasteiger partial charge in [0.15, 0.2) is 14.9 Å². The zero-order valence-corrected chi connectivity index (χ0v) is 13.4. The van der Waals surface area contributed by atoms with E-state index in [-0.39, 0.29) is 16.2 Å². The molecule has 0 saturated carbocycles. The van der Waals surface area contributed by atoms with Gasteiger partial charge in [-0.1, -0.05) is 41.9 Å². The van der Waals surface area contributed by atoms with Crippen molar-refractivity contribution in [3.05, 3.63) is 58.7 Å². The van der Waals surface area contributed by atoms with Crippen molar-refractivity contribution in [2.24, 2.45) is 0 Å². The van der Waals surface area contributed by atoms with Gasteiger partial charge in [-0.3, -0.25) is 0 Å². The average molecular weight is 326 g/mol. The summed E-state index contributed by atoms with van der Waals surface area (Å²) in [5.41, 5.74) is 1.81. The van der Waals surface area contributed by atoms with Crippen LogP contribution in [0.25, 0.3) is 0 Å². The normalized spacial score (nSPS) is 13.1. The smallest absolute Gasteiger partial charge is 0.194 e. The summed E-state index contributed by atoms with van der Waals surface area (Å²) in [6.45, 7) is 2.34. The van der Waals surface area contributed by atoms with Gasteiger partial charge in [0, 0.05) is 18.0 Å². The Morgan fingerprint density at radius 2 is 1.95 bits per heavy atom. The van der Waals surface area contributed by atoms with Crippen molar-refractivity contribution in [2.75, 3.05) is 6.26 Å². The number of pyridine rings is 1. The summed E-state index contributed by atoms with van der Waals surface area (Å²) in [7, 11) is -3.42. The van der Waals surface area contributed by atoms with E-state index in [1.165, 1.54) is 6.20 Å². The summed E-state index contributed by atoms with van der Waals surface area (Å²) >= 11 is 5.98. The number of hydrogen-bond donors (Lipinski definition) is 0. The van der Waals surface area contributed by atoms with Crippen molar-refractivity contribution in [2.45, 2.75) is 24.7 Å².